The van der Waals surface area contributed by atoms with E-state index in [4.69, 9.17) is 0 Å². The SMILES string of the molecule is CCC(C)C(O)CNc1nc(C(C)(C)C)ns1. The van der Waals surface area contributed by atoms with Crippen molar-refractivity contribution in [2.45, 2.75) is 52.6 Å². The molecule has 0 saturated carbocycles. The molecule has 2 unspecified atom stereocenters. The lowest BCUT2D eigenvalue weighted by Crippen LogP contribution is -2.26. The molecule has 1 rings (SSSR count). The van der Waals surface area contributed by atoms with Gasteiger partial charge in [0.1, 0.15) is 5.82 Å². The maximum atomic E-state index is 9.84. The molecule has 0 bridgehead atoms. The largest absolute Gasteiger partial charge is 0.391 e. The van der Waals surface area contributed by atoms with Crippen molar-refractivity contribution in [3.63, 3.8) is 0 Å². The molecule has 1 heterocycles. The quantitative estimate of drug-likeness (QED) is 0.851. The van der Waals surface area contributed by atoms with E-state index >= 15 is 0 Å². The van der Waals surface area contributed by atoms with Gasteiger partial charge in [0.15, 0.2) is 0 Å². The first kappa shape index (κ1) is 14.4. The van der Waals surface area contributed by atoms with Gasteiger partial charge in [-0.15, -0.1) is 0 Å². The zero-order chi connectivity index (χ0) is 13.1. The molecule has 0 saturated heterocycles. The average molecular weight is 257 g/mol. The minimum absolute atomic E-state index is 0.0221. The Balaban J connectivity index is 2.51. The minimum atomic E-state index is -0.331. The van der Waals surface area contributed by atoms with E-state index in [9.17, 15) is 5.11 Å². The van der Waals surface area contributed by atoms with Crippen molar-refractivity contribution in [3.8, 4) is 0 Å². The highest BCUT2D eigenvalue weighted by atomic mass is 32.1. The van der Waals surface area contributed by atoms with Gasteiger partial charge in [-0.25, -0.2) is 4.98 Å². The van der Waals surface area contributed by atoms with Gasteiger partial charge < -0.3 is 10.4 Å². The van der Waals surface area contributed by atoms with Gasteiger partial charge in [0.05, 0.1) is 6.10 Å². The summed E-state index contributed by atoms with van der Waals surface area (Å²) in [5.74, 6) is 1.15. The summed E-state index contributed by atoms with van der Waals surface area (Å²) in [6, 6.07) is 0. The summed E-state index contributed by atoms with van der Waals surface area (Å²) in [5.41, 5.74) is -0.0221. The molecule has 0 spiro atoms. The number of nitrogens with one attached hydrogen (secondary N) is 1. The van der Waals surface area contributed by atoms with Crippen LogP contribution in [0.4, 0.5) is 5.13 Å². The second-order valence-corrected chi connectivity index (χ2v) is 6.26. The zero-order valence-corrected chi connectivity index (χ0v) is 12.1. The number of aromatic nitrogens is 2. The van der Waals surface area contributed by atoms with Crippen molar-refractivity contribution in [1.29, 1.82) is 0 Å². The van der Waals surface area contributed by atoms with Crippen LogP contribution in [0.1, 0.15) is 46.9 Å². The molecule has 0 aromatic carbocycles. The summed E-state index contributed by atoms with van der Waals surface area (Å²) in [7, 11) is 0. The molecule has 2 atom stereocenters. The molecule has 1 aromatic heterocycles. The van der Waals surface area contributed by atoms with E-state index in [1.54, 1.807) is 0 Å². The summed E-state index contributed by atoms with van der Waals surface area (Å²) in [4.78, 5) is 4.42. The second kappa shape index (κ2) is 5.78. The van der Waals surface area contributed by atoms with E-state index in [0.29, 0.717) is 12.5 Å². The molecule has 2 N–H and O–H groups in total. The number of aliphatic hydroxyl groups excluding tert-OH is 1. The Morgan fingerprint density at radius 1 is 1.41 bits per heavy atom. The van der Waals surface area contributed by atoms with E-state index in [0.717, 1.165) is 17.4 Å². The Labute approximate surface area is 108 Å². The fraction of sp³-hybridized carbons (Fsp3) is 0.833. The van der Waals surface area contributed by atoms with Crippen molar-refractivity contribution >= 4 is 16.7 Å². The molecule has 98 valence electrons. The van der Waals surface area contributed by atoms with Crippen LogP contribution in [0, 0.1) is 5.92 Å². The fourth-order valence-corrected chi connectivity index (χ4v) is 2.03. The molecular weight excluding hydrogens is 234 g/mol. The zero-order valence-electron chi connectivity index (χ0n) is 11.3. The Morgan fingerprint density at radius 3 is 2.53 bits per heavy atom. The highest BCUT2D eigenvalue weighted by molar-refractivity contribution is 7.09. The number of anilines is 1. The smallest absolute Gasteiger partial charge is 0.202 e. The average Bonchev–Trinajstić information content (AvgIpc) is 2.72. The van der Waals surface area contributed by atoms with E-state index in [-0.39, 0.29) is 11.5 Å². The lowest BCUT2D eigenvalue weighted by molar-refractivity contribution is 0.126. The van der Waals surface area contributed by atoms with Gasteiger partial charge >= 0.3 is 0 Å². The van der Waals surface area contributed by atoms with Gasteiger partial charge in [0.2, 0.25) is 5.13 Å². The van der Waals surface area contributed by atoms with Gasteiger partial charge in [0, 0.05) is 23.5 Å². The summed E-state index contributed by atoms with van der Waals surface area (Å²) in [6.45, 7) is 10.9. The molecule has 0 fully saturated rings. The van der Waals surface area contributed by atoms with Crippen molar-refractivity contribution in [2.75, 3.05) is 11.9 Å². The van der Waals surface area contributed by atoms with Crippen molar-refractivity contribution in [1.82, 2.24) is 9.36 Å². The predicted octanol–water partition coefficient (Wildman–Crippen LogP) is 2.65. The van der Waals surface area contributed by atoms with Crippen LogP contribution in [-0.4, -0.2) is 27.1 Å². The molecule has 17 heavy (non-hydrogen) atoms. The van der Waals surface area contributed by atoms with Crippen LogP contribution in [-0.2, 0) is 5.41 Å². The van der Waals surface area contributed by atoms with E-state index in [1.807, 2.05) is 6.92 Å². The molecule has 0 aliphatic rings. The molecule has 1 aromatic rings. The minimum Gasteiger partial charge on any atom is -0.391 e. The topological polar surface area (TPSA) is 58.0 Å². The molecule has 4 nitrogen and oxygen atoms in total. The van der Waals surface area contributed by atoms with Crippen LogP contribution in [0.2, 0.25) is 0 Å². The van der Waals surface area contributed by atoms with Crippen LogP contribution in [0.3, 0.4) is 0 Å². The molecule has 0 aliphatic carbocycles. The van der Waals surface area contributed by atoms with Crippen LogP contribution >= 0.6 is 11.5 Å². The van der Waals surface area contributed by atoms with Crippen molar-refractivity contribution < 1.29 is 5.11 Å². The Bertz CT molecular complexity index is 346. The lowest BCUT2D eigenvalue weighted by Gasteiger charge is -2.17. The Hall–Kier alpha value is -0.680. The monoisotopic (exact) mass is 257 g/mol. The highest BCUT2D eigenvalue weighted by Gasteiger charge is 2.20. The number of rotatable bonds is 5. The standard InChI is InChI=1S/C12H23N3OS/c1-6-8(2)9(16)7-13-11-14-10(15-17-11)12(3,4)5/h8-9,16H,6-7H2,1-5H3,(H,13,14,15). The van der Waals surface area contributed by atoms with Crippen molar-refractivity contribution in [2.24, 2.45) is 5.92 Å². The molecule has 5 heteroatoms. The van der Waals surface area contributed by atoms with E-state index < -0.39 is 0 Å². The first-order chi connectivity index (χ1) is 7.84. The first-order valence-electron chi connectivity index (χ1n) is 6.10. The van der Waals surface area contributed by atoms with Gasteiger partial charge in [0.25, 0.3) is 0 Å². The van der Waals surface area contributed by atoms with Crippen LogP contribution < -0.4 is 5.32 Å². The van der Waals surface area contributed by atoms with Crippen LogP contribution in [0.5, 0.6) is 0 Å². The maximum Gasteiger partial charge on any atom is 0.202 e. The van der Waals surface area contributed by atoms with Crippen LogP contribution in [0.25, 0.3) is 0 Å². The lowest BCUT2D eigenvalue weighted by atomic mass is 9.96. The fourth-order valence-electron chi connectivity index (χ4n) is 1.27. The number of hydrogen-bond acceptors (Lipinski definition) is 5. The van der Waals surface area contributed by atoms with Gasteiger partial charge in [-0.3, -0.25) is 0 Å². The molecule has 0 radical (unpaired) electrons. The normalized spacial score (nSPS) is 15.6. The third kappa shape index (κ3) is 4.24. The van der Waals surface area contributed by atoms with Crippen LogP contribution in [0.15, 0.2) is 0 Å². The predicted molar refractivity (Wildman–Crippen MR) is 72.6 cm³/mol. The second-order valence-electron chi connectivity index (χ2n) is 5.51. The maximum absolute atomic E-state index is 9.84. The summed E-state index contributed by atoms with van der Waals surface area (Å²) in [5, 5.41) is 13.8. The highest BCUT2D eigenvalue weighted by Crippen LogP contribution is 2.23. The third-order valence-corrected chi connectivity index (χ3v) is 3.53. The Kier molecular flexibility index (Phi) is 4.89. The van der Waals surface area contributed by atoms with Gasteiger partial charge in [-0.2, -0.15) is 4.37 Å². The molecular formula is C12H23N3OS. The Morgan fingerprint density at radius 2 is 2.06 bits per heavy atom. The van der Waals surface area contributed by atoms with E-state index in [2.05, 4.69) is 42.4 Å². The van der Waals surface area contributed by atoms with Gasteiger partial charge in [-0.05, 0) is 5.92 Å². The number of aliphatic hydroxyl groups is 1. The van der Waals surface area contributed by atoms with Gasteiger partial charge in [-0.1, -0.05) is 41.0 Å². The summed E-state index contributed by atoms with van der Waals surface area (Å²) >= 11 is 1.35. The number of nitrogens with zero attached hydrogens (tertiary/aromatic N) is 2. The summed E-state index contributed by atoms with van der Waals surface area (Å²) < 4.78 is 4.32. The third-order valence-electron chi connectivity index (χ3n) is 2.86. The first-order valence-corrected chi connectivity index (χ1v) is 6.88. The summed E-state index contributed by atoms with van der Waals surface area (Å²) in [6.07, 6.45) is 0.647. The molecule has 0 aliphatic heterocycles. The molecule has 0 amide bonds. The number of hydrogen-bond donors (Lipinski definition) is 2. The van der Waals surface area contributed by atoms with Crippen molar-refractivity contribution in [3.05, 3.63) is 5.82 Å². The van der Waals surface area contributed by atoms with E-state index in [1.165, 1.54) is 11.5 Å².